The maximum Gasteiger partial charge on any atom is 0.000714 e. The first-order chi connectivity index (χ1) is 8.45. The van der Waals surface area contributed by atoms with Gasteiger partial charge < -0.3 is 4.90 Å². The molecular weight excluding hydrogens is 218 g/mol. The minimum absolute atomic E-state index is 0.790. The molecule has 0 aromatic rings. The lowest BCUT2D eigenvalue weighted by molar-refractivity contribution is 0.191. The standard InChI is InChI=1S/C13H29N.2C2H6/c1-7-13(6)10-14(8-11(2)3)9-12(4)5;2*1-2/h11-13H,7-10H2,1-6H3;2*1-2H3. The first-order valence-electron chi connectivity index (χ1n) is 8.18. The monoisotopic (exact) mass is 259 g/mol. The summed E-state index contributed by atoms with van der Waals surface area (Å²) in [6.07, 6.45) is 1.30. The highest BCUT2D eigenvalue weighted by Gasteiger charge is 2.11. The largest absolute Gasteiger partial charge is 0.303 e. The average Bonchev–Trinajstić information content (AvgIpc) is 2.32. The van der Waals surface area contributed by atoms with E-state index in [-0.39, 0.29) is 0 Å². The van der Waals surface area contributed by atoms with Crippen LogP contribution in [-0.4, -0.2) is 24.5 Å². The summed E-state index contributed by atoms with van der Waals surface area (Å²) in [4.78, 5) is 2.63. The molecule has 0 aliphatic carbocycles. The third-order valence-corrected chi connectivity index (χ3v) is 2.51. The summed E-state index contributed by atoms with van der Waals surface area (Å²) in [5, 5.41) is 0. The Hall–Kier alpha value is -0.0400. The number of hydrogen-bond donors (Lipinski definition) is 0. The van der Waals surface area contributed by atoms with E-state index in [1.807, 2.05) is 27.7 Å². The van der Waals surface area contributed by atoms with E-state index in [4.69, 9.17) is 0 Å². The Morgan fingerprint density at radius 3 is 1.22 bits per heavy atom. The Morgan fingerprint density at radius 2 is 1.00 bits per heavy atom. The SMILES string of the molecule is CC.CC.CCC(C)CN(CC(C)C)CC(C)C. The van der Waals surface area contributed by atoms with Gasteiger partial charge in [-0.05, 0) is 17.8 Å². The minimum atomic E-state index is 0.790. The van der Waals surface area contributed by atoms with Crippen molar-refractivity contribution in [3.63, 3.8) is 0 Å². The molecule has 0 heterocycles. The molecule has 0 amide bonds. The maximum absolute atomic E-state index is 2.63. The zero-order valence-corrected chi connectivity index (χ0v) is 15.0. The molecule has 1 nitrogen and oxygen atoms in total. The molecule has 0 saturated carbocycles. The molecule has 0 rings (SSSR count). The fraction of sp³-hybridized carbons (Fsp3) is 1.00. The summed E-state index contributed by atoms with van der Waals surface area (Å²) >= 11 is 0. The van der Waals surface area contributed by atoms with Crippen molar-refractivity contribution in [1.82, 2.24) is 4.90 Å². The van der Waals surface area contributed by atoms with E-state index in [2.05, 4.69) is 46.4 Å². The normalized spacial score (nSPS) is 11.8. The molecule has 0 N–H and O–H groups in total. The fourth-order valence-electron chi connectivity index (χ4n) is 1.83. The highest BCUT2D eigenvalue weighted by Crippen LogP contribution is 2.09. The topological polar surface area (TPSA) is 3.24 Å². The van der Waals surface area contributed by atoms with Crippen LogP contribution in [0.5, 0.6) is 0 Å². The van der Waals surface area contributed by atoms with E-state index in [9.17, 15) is 0 Å². The van der Waals surface area contributed by atoms with Crippen LogP contribution in [0.25, 0.3) is 0 Å². The summed E-state index contributed by atoms with van der Waals surface area (Å²) in [6.45, 7) is 25.7. The lowest BCUT2D eigenvalue weighted by atomic mass is 10.1. The van der Waals surface area contributed by atoms with Gasteiger partial charge in [-0.3, -0.25) is 0 Å². The van der Waals surface area contributed by atoms with Crippen molar-refractivity contribution in [1.29, 1.82) is 0 Å². The Balaban J connectivity index is -0.000000506. The lowest BCUT2D eigenvalue weighted by Crippen LogP contribution is -2.34. The van der Waals surface area contributed by atoms with E-state index >= 15 is 0 Å². The third-order valence-electron chi connectivity index (χ3n) is 2.51. The number of hydrogen-bond acceptors (Lipinski definition) is 1. The van der Waals surface area contributed by atoms with Crippen molar-refractivity contribution in [3.8, 4) is 0 Å². The van der Waals surface area contributed by atoms with Crippen LogP contribution in [0.2, 0.25) is 0 Å². The van der Waals surface area contributed by atoms with E-state index in [0.29, 0.717) is 0 Å². The van der Waals surface area contributed by atoms with Gasteiger partial charge in [-0.2, -0.15) is 0 Å². The van der Waals surface area contributed by atoms with Crippen molar-refractivity contribution < 1.29 is 0 Å². The first-order valence-corrected chi connectivity index (χ1v) is 8.18. The fourth-order valence-corrected chi connectivity index (χ4v) is 1.83. The Kier molecular flexibility index (Phi) is 21.7. The van der Waals surface area contributed by atoms with Gasteiger partial charge in [0.25, 0.3) is 0 Å². The molecule has 1 heteroatoms. The zero-order chi connectivity index (χ0) is 15.1. The zero-order valence-electron chi connectivity index (χ0n) is 15.0. The second kappa shape index (κ2) is 17.0. The van der Waals surface area contributed by atoms with E-state index in [1.54, 1.807) is 0 Å². The molecule has 18 heavy (non-hydrogen) atoms. The maximum atomic E-state index is 2.63. The lowest BCUT2D eigenvalue weighted by Gasteiger charge is -2.28. The molecule has 0 aliphatic heterocycles. The molecule has 0 aromatic heterocycles. The molecule has 0 spiro atoms. The molecule has 0 fully saturated rings. The van der Waals surface area contributed by atoms with Crippen molar-refractivity contribution in [2.24, 2.45) is 17.8 Å². The van der Waals surface area contributed by atoms with Crippen LogP contribution in [0.1, 0.15) is 75.7 Å². The predicted molar refractivity (Wildman–Crippen MR) is 88.3 cm³/mol. The van der Waals surface area contributed by atoms with Crippen LogP contribution in [0.3, 0.4) is 0 Å². The van der Waals surface area contributed by atoms with Gasteiger partial charge in [0.1, 0.15) is 0 Å². The molecule has 114 valence electrons. The molecule has 0 bridgehead atoms. The van der Waals surface area contributed by atoms with Gasteiger partial charge in [-0.1, -0.05) is 75.7 Å². The molecule has 0 radical (unpaired) electrons. The van der Waals surface area contributed by atoms with Gasteiger partial charge in [0, 0.05) is 19.6 Å². The van der Waals surface area contributed by atoms with Crippen LogP contribution in [0.15, 0.2) is 0 Å². The molecule has 0 aliphatic rings. The smallest absolute Gasteiger partial charge is 0.000714 e. The first kappa shape index (κ1) is 23.1. The molecule has 1 unspecified atom stereocenters. The summed E-state index contributed by atoms with van der Waals surface area (Å²) in [6, 6.07) is 0. The second-order valence-corrected chi connectivity index (χ2v) is 5.52. The van der Waals surface area contributed by atoms with Gasteiger partial charge in [0.15, 0.2) is 0 Å². The predicted octanol–water partition coefficient (Wildman–Crippen LogP) is 5.70. The van der Waals surface area contributed by atoms with Crippen molar-refractivity contribution in [3.05, 3.63) is 0 Å². The Bertz CT molecular complexity index is 120. The van der Waals surface area contributed by atoms with Crippen LogP contribution in [-0.2, 0) is 0 Å². The van der Waals surface area contributed by atoms with E-state index < -0.39 is 0 Å². The molecular formula is C17H41N. The molecule has 0 aromatic carbocycles. The van der Waals surface area contributed by atoms with Crippen molar-refractivity contribution in [2.45, 2.75) is 75.7 Å². The second-order valence-electron chi connectivity index (χ2n) is 5.52. The van der Waals surface area contributed by atoms with Gasteiger partial charge in [-0.15, -0.1) is 0 Å². The van der Waals surface area contributed by atoms with Crippen LogP contribution in [0, 0.1) is 17.8 Å². The van der Waals surface area contributed by atoms with Crippen LogP contribution < -0.4 is 0 Å². The van der Waals surface area contributed by atoms with Crippen LogP contribution >= 0.6 is 0 Å². The van der Waals surface area contributed by atoms with Crippen molar-refractivity contribution >= 4 is 0 Å². The van der Waals surface area contributed by atoms with Gasteiger partial charge in [0.2, 0.25) is 0 Å². The minimum Gasteiger partial charge on any atom is -0.303 e. The van der Waals surface area contributed by atoms with E-state index in [1.165, 1.54) is 26.1 Å². The quantitative estimate of drug-likeness (QED) is 0.567. The van der Waals surface area contributed by atoms with Gasteiger partial charge in [-0.25, -0.2) is 0 Å². The number of nitrogens with zero attached hydrogens (tertiary/aromatic N) is 1. The summed E-state index contributed by atoms with van der Waals surface area (Å²) in [7, 11) is 0. The molecule has 1 atom stereocenters. The summed E-state index contributed by atoms with van der Waals surface area (Å²) in [5.74, 6) is 2.42. The Morgan fingerprint density at radius 1 is 0.667 bits per heavy atom. The van der Waals surface area contributed by atoms with E-state index in [0.717, 1.165) is 17.8 Å². The van der Waals surface area contributed by atoms with Gasteiger partial charge in [0.05, 0.1) is 0 Å². The highest BCUT2D eigenvalue weighted by atomic mass is 15.1. The summed E-state index contributed by atoms with van der Waals surface area (Å²) in [5.41, 5.74) is 0. The Labute approximate surface area is 118 Å². The number of rotatable bonds is 7. The third kappa shape index (κ3) is 18.3. The van der Waals surface area contributed by atoms with Gasteiger partial charge >= 0.3 is 0 Å². The average molecular weight is 260 g/mol. The summed E-state index contributed by atoms with van der Waals surface area (Å²) < 4.78 is 0. The van der Waals surface area contributed by atoms with Crippen LogP contribution in [0.4, 0.5) is 0 Å². The highest BCUT2D eigenvalue weighted by molar-refractivity contribution is 4.65. The molecule has 0 saturated heterocycles. The van der Waals surface area contributed by atoms with Crippen molar-refractivity contribution in [2.75, 3.05) is 19.6 Å².